The molecule has 6 nitrogen and oxygen atoms in total. The Hall–Kier alpha value is -0.990. The molecule has 18 heavy (non-hydrogen) atoms. The normalized spacial score (nSPS) is 10.9. The van der Waals surface area contributed by atoms with Crippen molar-refractivity contribution in [1.29, 1.82) is 0 Å². The van der Waals surface area contributed by atoms with Crippen LogP contribution in [0.2, 0.25) is 0 Å². The molecule has 0 saturated carbocycles. The summed E-state index contributed by atoms with van der Waals surface area (Å²) in [5, 5.41) is 18.0. The van der Waals surface area contributed by atoms with E-state index in [1.54, 1.807) is 23.1 Å². The maximum atomic E-state index is 4.24. The molecule has 0 bridgehead atoms. The summed E-state index contributed by atoms with van der Waals surface area (Å²) in [6.07, 6.45) is 1.14. The molecule has 2 heterocycles. The van der Waals surface area contributed by atoms with Gasteiger partial charge in [0.1, 0.15) is 0 Å². The average Bonchev–Trinajstić information content (AvgIpc) is 3.03. The second-order valence-electron chi connectivity index (χ2n) is 3.70. The van der Waals surface area contributed by atoms with Gasteiger partial charge in [0.2, 0.25) is 5.16 Å². The molecule has 2 rings (SSSR count). The van der Waals surface area contributed by atoms with E-state index in [0.717, 1.165) is 42.7 Å². The van der Waals surface area contributed by atoms with Crippen molar-refractivity contribution < 1.29 is 0 Å². The van der Waals surface area contributed by atoms with Gasteiger partial charge in [0.05, 0.1) is 17.7 Å². The number of rotatable bonds is 8. The number of nitrogens with zero attached hydrogens (tertiary/aromatic N) is 5. The summed E-state index contributed by atoms with van der Waals surface area (Å²) in [4.78, 5) is 4.24. The van der Waals surface area contributed by atoms with Crippen molar-refractivity contribution in [3.05, 3.63) is 16.6 Å². The Labute approximate surface area is 114 Å². The van der Waals surface area contributed by atoms with Crippen LogP contribution in [0.25, 0.3) is 0 Å². The molecule has 0 saturated heterocycles. The quantitative estimate of drug-likeness (QED) is 0.584. The lowest BCUT2D eigenvalue weighted by Gasteiger charge is -2.04. The lowest BCUT2D eigenvalue weighted by molar-refractivity contribution is 0.510. The van der Waals surface area contributed by atoms with E-state index in [4.69, 9.17) is 0 Å². The Morgan fingerprint density at radius 2 is 2.39 bits per heavy atom. The van der Waals surface area contributed by atoms with Gasteiger partial charge >= 0.3 is 0 Å². The van der Waals surface area contributed by atoms with Gasteiger partial charge in [0.25, 0.3) is 0 Å². The highest BCUT2D eigenvalue weighted by Gasteiger charge is 2.07. The first kappa shape index (κ1) is 13.4. The molecule has 0 amide bonds. The molecular weight excluding hydrogens is 268 g/mol. The lowest BCUT2D eigenvalue weighted by Crippen LogP contribution is -2.21. The van der Waals surface area contributed by atoms with E-state index in [2.05, 4.69) is 32.7 Å². The zero-order valence-electron chi connectivity index (χ0n) is 10.2. The maximum absolute atomic E-state index is 4.24. The van der Waals surface area contributed by atoms with Crippen molar-refractivity contribution in [2.24, 2.45) is 0 Å². The number of tetrazole rings is 1. The monoisotopic (exact) mass is 284 g/mol. The topological polar surface area (TPSA) is 68.5 Å². The molecule has 2 aromatic rings. The van der Waals surface area contributed by atoms with E-state index in [1.165, 1.54) is 0 Å². The van der Waals surface area contributed by atoms with Crippen LogP contribution in [-0.4, -0.2) is 38.3 Å². The molecule has 98 valence electrons. The minimum atomic E-state index is 0.798. The number of nitrogens with one attached hydrogen (secondary N) is 1. The van der Waals surface area contributed by atoms with Crippen LogP contribution >= 0.6 is 23.1 Å². The lowest BCUT2D eigenvalue weighted by atomic mass is 10.5. The predicted molar refractivity (Wildman–Crippen MR) is 72.7 cm³/mol. The molecule has 1 N–H and O–H groups in total. The molecule has 0 radical (unpaired) electrons. The van der Waals surface area contributed by atoms with Gasteiger partial charge in [-0.25, -0.2) is 9.67 Å². The fourth-order valence-electron chi connectivity index (χ4n) is 1.37. The van der Waals surface area contributed by atoms with Gasteiger partial charge in [-0.3, -0.25) is 0 Å². The summed E-state index contributed by atoms with van der Waals surface area (Å²) in [5.41, 5.74) is 2.91. The Kier molecular flexibility index (Phi) is 5.56. The molecule has 0 aromatic carbocycles. The molecule has 0 aliphatic carbocycles. The predicted octanol–water partition coefficient (Wildman–Crippen LogP) is 1.42. The largest absolute Gasteiger partial charge is 0.315 e. The number of aromatic nitrogens is 5. The van der Waals surface area contributed by atoms with Crippen LogP contribution in [0, 0.1) is 0 Å². The fourth-order valence-corrected chi connectivity index (χ4v) is 2.84. The molecule has 0 unspecified atom stereocenters. The molecule has 0 aliphatic heterocycles. The standard InChI is InChI=1S/C10H16N6S2/c1-2-3-11-4-5-16-10(13-14-15-16)18-7-9-6-17-8-12-9/h6,8,11H,2-5,7H2,1H3. The molecule has 0 fully saturated rings. The van der Waals surface area contributed by atoms with Gasteiger partial charge in [0, 0.05) is 17.7 Å². The van der Waals surface area contributed by atoms with E-state index < -0.39 is 0 Å². The van der Waals surface area contributed by atoms with Crippen molar-refractivity contribution >= 4 is 23.1 Å². The first-order valence-electron chi connectivity index (χ1n) is 5.87. The molecule has 2 aromatic heterocycles. The number of hydrogen-bond donors (Lipinski definition) is 1. The van der Waals surface area contributed by atoms with E-state index >= 15 is 0 Å². The van der Waals surface area contributed by atoms with E-state index in [0.29, 0.717) is 0 Å². The second-order valence-corrected chi connectivity index (χ2v) is 5.36. The van der Waals surface area contributed by atoms with Gasteiger partial charge in [-0.15, -0.1) is 16.4 Å². The van der Waals surface area contributed by atoms with Crippen molar-refractivity contribution in [2.75, 3.05) is 13.1 Å². The van der Waals surface area contributed by atoms with Crippen LogP contribution in [0.15, 0.2) is 16.0 Å². The third-order valence-electron chi connectivity index (χ3n) is 2.26. The smallest absolute Gasteiger partial charge is 0.209 e. The number of thiazole rings is 1. The minimum Gasteiger partial charge on any atom is -0.315 e. The van der Waals surface area contributed by atoms with Crippen molar-refractivity contribution in [3.63, 3.8) is 0 Å². The summed E-state index contributed by atoms with van der Waals surface area (Å²) < 4.78 is 1.83. The van der Waals surface area contributed by atoms with Gasteiger partial charge < -0.3 is 5.32 Å². The summed E-state index contributed by atoms with van der Waals surface area (Å²) >= 11 is 3.23. The highest BCUT2D eigenvalue weighted by molar-refractivity contribution is 7.98. The average molecular weight is 284 g/mol. The van der Waals surface area contributed by atoms with Gasteiger partial charge in [-0.05, 0) is 23.4 Å². The molecule has 0 atom stereocenters. The van der Waals surface area contributed by atoms with Gasteiger partial charge in [-0.1, -0.05) is 18.7 Å². The van der Waals surface area contributed by atoms with Crippen molar-refractivity contribution in [2.45, 2.75) is 30.8 Å². The third-order valence-corrected chi connectivity index (χ3v) is 3.88. The maximum Gasteiger partial charge on any atom is 0.209 e. The second kappa shape index (κ2) is 7.45. The molecular formula is C10H16N6S2. The number of thioether (sulfide) groups is 1. The summed E-state index contributed by atoms with van der Waals surface area (Å²) in [6.45, 7) is 4.87. The molecule has 0 spiro atoms. The summed E-state index contributed by atoms with van der Waals surface area (Å²) in [7, 11) is 0. The number of hydrogen-bond acceptors (Lipinski definition) is 7. The van der Waals surface area contributed by atoms with E-state index in [9.17, 15) is 0 Å². The van der Waals surface area contributed by atoms with Crippen LogP contribution < -0.4 is 5.32 Å². The van der Waals surface area contributed by atoms with Crippen LogP contribution in [0.1, 0.15) is 19.0 Å². The third kappa shape index (κ3) is 4.04. The minimum absolute atomic E-state index is 0.798. The fraction of sp³-hybridized carbons (Fsp3) is 0.600. The van der Waals surface area contributed by atoms with Crippen molar-refractivity contribution in [1.82, 2.24) is 30.5 Å². The summed E-state index contributed by atoms with van der Waals surface area (Å²) in [5.74, 6) is 0.812. The Morgan fingerprint density at radius 1 is 1.44 bits per heavy atom. The highest BCUT2D eigenvalue weighted by atomic mass is 32.2. The highest BCUT2D eigenvalue weighted by Crippen LogP contribution is 2.19. The zero-order chi connectivity index (χ0) is 12.6. The van der Waals surface area contributed by atoms with Crippen molar-refractivity contribution in [3.8, 4) is 0 Å². The zero-order valence-corrected chi connectivity index (χ0v) is 11.9. The van der Waals surface area contributed by atoms with Crippen LogP contribution in [0.3, 0.4) is 0 Å². The molecule has 0 aliphatic rings. The van der Waals surface area contributed by atoms with Crippen LogP contribution in [0.5, 0.6) is 0 Å². The molecule has 8 heteroatoms. The Balaban J connectivity index is 1.79. The Bertz CT molecular complexity index is 441. The van der Waals surface area contributed by atoms with Gasteiger partial charge in [0.15, 0.2) is 0 Å². The van der Waals surface area contributed by atoms with E-state index in [1.807, 2.05) is 15.6 Å². The van der Waals surface area contributed by atoms with Crippen LogP contribution in [0.4, 0.5) is 0 Å². The first-order chi connectivity index (χ1) is 8.90. The van der Waals surface area contributed by atoms with Crippen LogP contribution in [-0.2, 0) is 12.3 Å². The van der Waals surface area contributed by atoms with Gasteiger partial charge in [-0.2, -0.15) is 0 Å². The van der Waals surface area contributed by atoms with E-state index in [-0.39, 0.29) is 0 Å². The Morgan fingerprint density at radius 3 is 3.17 bits per heavy atom. The SMILES string of the molecule is CCCNCCn1nnnc1SCc1cscn1. The first-order valence-corrected chi connectivity index (χ1v) is 7.79. The summed E-state index contributed by atoms with van der Waals surface area (Å²) in [6, 6.07) is 0.